The molecule has 1 N–H and O–H groups in total. The third-order valence-corrected chi connectivity index (χ3v) is 5.06. The number of aryl methyl sites for hydroxylation is 1. The van der Waals surface area contributed by atoms with Gasteiger partial charge in [-0.3, -0.25) is 0 Å². The maximum Gasteiger partial charge on any atom is 0.271 e. The minimum absolute atomic E-state index is 0.594. The summed E-state index contributed by atoms with van der Waals surface area (Å²) < 4.78 is 11.4. The van der Waals surface area contributed by atoms with Gasteiger partial charge in [0.25, 0.3) is 5.89 Å². The van der Waals surface area contributed by atoms with Crippen molar-refractivity contribution in [2.45, 2.75) is 13.5 Å². The number of anilines is 1. The van der Waals surface area contributed by atoms with E-state index in [0.717, 1.165) is 44.0 Å². The number of nitrogens with zero attached hydrogens (tertiary/aromatic N) is 3. The number of methoxy groups -OCH3 is 1. The molecule has 0 saturated carbocycles. The van der Waals surface area contributed by atoms with Gasteiger partial charge in [-0.1, -0.05) is 29.8 Å². The minimum atomic E-state index is 0.594. The summed E-state index contributed by atoms with van der Waals surface area (Å²) >= 11 is 0. The Balaban J connectivity index is 1.36. The van der Waals surface area contributed by atoms with Gasteiger partial charge in [-0.05, 0) is 31.2 Å². The Morgan fingerprint density at radius 2 is 1.78 bits per heavy atom. The fourth-order valence-corrected chi connectivity index (χ4v) is 3.48. The number of ether oxygens (including phenoxy) is 1. The van der Waals surface area contributed by atoms with Crippen LogP contribution >= 0.6 is 0 Å². The Morgan fingerprint density at radius 3 is 2.52 bits per heavy atom. The molecule has 1 saturated heterocycles. The van der Waals surface area contributed by atoms with Crippen LogP contribution in [0.5, 0.6) is 5.75 Å². The number of nitrogens with one attached hydrogen (secondary N) is 1. The lowest BCUT2D eigenvalue weighted by Crippen LogP contribution is -3.13. The number of para-hydroxylation sites is 2. The van der Waals surface area contributed by atoms with E-state index < -0.39 is 0 Å². The number of benzene rings is 2. The summed E-state index contributed by atoms with van der Waals surface area (Å²) in [6.07, 6.45) is 0. The lowest BCUT2D eigenvalue weighted by atomic mass is 10.1. The predicted octanol–water partition coefficient (Wildman–Crippen LogP) is 1.96. The number of aromatic nitrogens is 2. The van der Waals surface area contributed by atoms with E-state index in [1.54, 1.807) is 7.11 Å². The Labute approximate surface area is 159 Å². The third kappa shape index (κ3) is 3.95. The van der Waals surface area contributed by atoms with Gasteiger partial charge < -0.3 is 19.0 Å². The molecular weight excluding hydrogens is 340 g/mol. The fourth-order valence-electron chi connectivity index (χ4n) is 3.48. The highest BCUT2D eigenvalue weighted by Crippen LogP contribution is 2.27. The molecule has 140 valence electrons. The van der Waals surface area contributed by atoms with Crippen LogP contribution in [0.25, 0.3) is 11.5 Å². The smallest absolute Gasteiger partial charge is 0.271 e. The van der Waals surface area contributed by atoms with Crippen molar-refractivity contribution in [1.29, 1.82) is 0 Å². The summed E-state index contributed by atoms with van der Waals surface area (Å²) in [6, 6.07) is 16.3. The molecule has 0 unspecified atom stereocenters. The molecule has 0 spiro atoms. The van der Waals surface area contributed by atoms with Gasteiger partial charge in [0.15, 0.2) is 6.54 Å². The fraction of sp³-hybridized carbons (Fsp3) is 0.333. The molecule has 1 aliphatic heterocycles. The predicted molar refractivity (Wildman–Crippen MR) is 104 cm³/mol. The quantitative estimate of drug-likeness (QED) is 0.749. The number of hydrogen-bond donors (Lipinski definition) is 1. The highest BCUT2D eigenvalue weighted by atomic mass is 16.5. The van der Waals surface area contributed by atoms with Crippen LogP contribution in [0.2, 0.25) is 0 Å². The molecule has 27 heavy (non-hydrogen) atoms. The number of rotatable bonds is 5. The van der Waals surface area contributed by atoms with Gasteiger partial charge in [0.2, 0.25) is 5.89 Å². The Hall–Kier alpha value is -2.86. The lowest BCUT2D eigenvalue weighted by molar-refractivity contribution is -0.915. The van der Waals surface area contributed by atoms with Crippen LogP contribution in [0.4, 0.5) is 5.69 Å². The van der Waals surface area contributed by atoms with E-state index in [1.807, 2.05) is 24.3 Å². The molecule has 0 bridgehead atoms. The minimum Gasteiger partial charge on any atom is -0.495 e. The van der Waals surface area contributed by atoms with E-state index in [1.165, 1.54) is 16.2 Å². The van der Waals surface area contributed by atoms with Crippen LogP contribution in [0, 0.1) is 6.92 Å². The van der Waals surface area contributed by atoms with Crippen molar-refractivity contribution in [2.24, 2.45) is 0 Å². The van der Waals surface area contributed by atoms with Crippen LogP contribution in [-0.2, 0) is 6.54 Å². The van der Waals surface area contributed by atoms with E-state index in [-0.39, 0.29) is 0 Å². The molecule has 1 aromatic heterocycles. The lowest BCUT2D eigenvalue weighted by Gasteiger charge is -2.33. The van der Waals surface area contributed by atoms with Crippen LogP contribution < -0.4 is 14.5 Å². The first-order valence-corrected chi connectivity index (χ1v) is 9.34. The van der Waals surface area contributed by atoms with E-state index in [9.17, 15) is 0 Å². The summed E-state index contributed by atoms with van der Waals surface area (Å²) in [5, 5.41) is 8.45. The standard InChI is InChI=1S/C21H24N4O2/c1-16-7-9-17(10-8-16)21-23-22-20(27-21)15-24-11-13-25(14-12-24)18-5-3-4-6-19(18)26-2/h3-10H,11-15H2,1-2H3/p+1. The van der Waals surface area contributed by atoms with Gasteiger partial charge in [0.1, 0.15) is 5.75 Å². The zero-order valence-corrected chi connectivity index (χ0v) is 15.8. The van der Waals surface area contributed by atoms with Crippen molar-refractivity contribution in [3.05, 3.63) is 60.0 Å². The summed E-state index contributed by atoms with van der Waals surface area (Å²) in [7, 11) is 1.72. The monoisotopic (exact) mass is 365 g/mol. The first-order valence-electron chi connectivity index (χ1n) is 9.34. The molecule has 1 fully saturated rings. The van der Waals surface area contributed by atoms with E-state index in [2.05, 4.69) is 46.3 Å². The molecule has 0 radical (unpaired) electrons. The van der Waals surface area contributed by atoms with Gasteiger partial charge in [-0.2, -0.15) is 0 Å². The summed E-state index contributed by atoms with van der Waals surface area (Å²) in [6.45, 7) is 6.85. The summed E-state index contributed by atoms with van der Waals surface area (Å²) in [4.78, 5) is 3.84. The normalized spacial score (nSPS) is 15.1. The molecule has 0 amide bonds. The molecule has 6 heteroatoms. The van der Waals surface area contributed by atoms with Crippen LogP contribution in [0.1, 0.15) is 11.5 Å². The second-order valence-electron chi connectivity index (χ2n) is 6.95. The van der Waals surface area contributed by atoms with E-state index in [4.69, 9.17) is 9.15 Å². The largest absolute Gasteiger partial charge is 0.495 e. The third-order valence-electron chi connectivity index (χ3n) is 5.06. The molecule has 6 nitrogen and oxygen atoms in total. The van der Waals surface area contributed by atoms with E-state index in [0.29, 0.717) is 11.8 Å². The van der Waals surface area contributed by atoms with Gasteiger partial charge in [0.05, 0.1) is 39.0 Å². The first kappa shape index (κ1) is 17.5. The van der Waals surface area contributed by atoms with Crippen molar-refractivity contribution < 1.29 is 14.1 Å². The second kappa shape index (κ2) is 7.80. The van der Waals surface area contributed by atoms with Gasteiger partial charge in [-0.25, -0.2) is 0 Å². The second-order valence-corrected chi connectivity index (χ2v) is 6.95. The molecule has 2 heterocycles. The SMILES string of the molecule is COc1ccccc1N1CC[NH+](Cc2nnc(-c3ccc(C)cc3)o2)CC1. The first-order chi connectivity index (χ1) is 13.2. The Morgan fingerprint density at radius 1 is 1.04 bits per heavy atom. The summed E-state index contributed by atoms with van der Waals surface area (Å²) in [5.41, 5.74) is 3.35. The van der Waals surface area contributed by atoms with Crippen LogP contribution in [-0.4, -0.2) is 43.5 Å². The molecule has 1 aliphatic rings. The van der Waals surface area contributed by atoms with Crippen LogP contribution in [0.3, 0.4) is 0 Å². The Bertz CT molecular complexity index is 883. The number of quaternary nitrogens is 1. The molecule has 4 rings (SSSR count). The number of piperazine rings is 1. The maximum absolute atomic E-state index is 5.88. The molecule has 3 aromatic rings. The molecule has 0 aliphatic carbocycles. The Kier molecular flexibility index (Phi) is 5.07. The van der Waals surface area contributed by atoms with Gasteiger partial charge in [-0.15, -0.1) is 10.2 Å². The average molecular weight is 365 g/mol. The van der Waals surface area contributed by atoms with Crippen molar-refractivity contribution in [1.82, 2.24) is 10.2 Å². The molecule has 2 aromatic carbocycles. The maximum atomic E-state index is 5.88. The van der Waals surface area contributed by atoms with E-state index >= 15 is 0 Å². The van der Waals surface area contributed by atoms with Crippen molar-refractivity contribution in [2.75, 3.05) is 38.2 Å². The van der Waals surface area contributed by atoms with Crippen molar-refractivity contribution in [3.8, 4) is 17.2 Å². The molecule has 0 atom stereocenters. The topological polar surface area (TPSA) is 55.8 Å². The average Bonchev–Trinajstić information content (AvgIpc) is 3.17. The zero-order valence-electron chi connectivity index (χ0n) is 15.8. The van der Waals surface area contributed by atoms with Crippen molar-refractivity contribution in [3.63, 3.8) is 0 Å². The molecular formula is C21H25N4O2+. The van der Waals surface area contributed by atoms with Gasteiger partial charge >= 0.3 is 0 Å². The van der Waals surface area contributed by atoms with Gasteiger partial charge in [0, 0.05) is 5.56 Å². The van der Waals surface area contributed by atoms with Crippen molar-refractivity contribution >= 4 is 5.69 Å². The van der Waals surface area contributed by atoms with Crippen LogP contribution in [0.15, 0.2) is 52.9 Å². The highest BCUT2D eigenvalue weighted by molar-refractivity contribution is 5.58. The number of hydrogen-bond acceptors (Lipinski definition) is 5. The summed E-state index contributed by atoms with van der Waals surface area (Å²) in [5.74, 6) is 2.23. The highest BCUT2D eigenvalue weighted by Gasteiger charge is 2.24. The zero-order chi connectivity index (χ0) is 18.6.